The molecule has 4 atom stereocenters. The summed E-state index contributed by atoms with van der Waals surface area (Å²) in [5.74, 6) is 1.24. The number of rotatable bonds is 13. The van der Waals surface area contributed by atoms with Crippen LogP contribution in [-0.2, 0) is 53.0 Å². The van der Waals surface area contributed by atoms with E-state index < -0.39 is 30.6 Å². The Morgan fingerprint density at radius 2 is 1.22 bits per heavy atom. The first kappa shape index (κ1) is 30.1. The fraction of sp³-hybridized carbons (Fsp3) is 0.344. The highest BCUT2D eigenvalue weighted by atomic mass is 16.7. The van der Waals surface area contributed by atoms with Crippen LogP contribution >= 0.6 is 0 Å². The molecule has 0 bridgehead atoms. The Kier molecular flexibility index (Phi) is 11.2. The highest BCUT2D eigenvalue weighted by molar-refractivity contribution is 5.66. The second-order valence-corrected chi connectivity index (χ2v) is 9.32. The van der Waals surface area contributed by atoms with Crippen molar-refractivity contribution in [1.29, 1.82) is 0 Å². The fourth-order valence-corrected chi connectivity index (χ4v) is 4.30. The third-order valence-corrected chi connectivity index (χ3v) is 6.47. The molecule has 0 N–H and O–H groups in total. The summed E-state index contributed by atoms with van der Waals surface area (Å²) in [6.07, 6.45) is -1.79. The summed E-state index contributed by atoms with van der Waals surface area (Å²) in [6.45, 7) is 2.08. The second kappa shape index (κ2) is 15.2. The van der Waals surface area contributed by atoms with E-state index in [0.717, 1.165) is 28.2 Å². The quantitative estimate of drug-likeness (QED) is 0.206. The van der Waals surface area contributed by atoms with Crippen LogP contribution in [0.1, 0.15) is 23.6 Å². The summed E-state index contributed by atoms with van der Waals surface area (Å²) in [7, 11) is 4.75. The van der Waals surface area contributed by atoms with Crippen LogP contribution in [0.4, 0.5) is 0 Å². The molecule has 0 radical (unpaired) electrons. The molecule has 1 aliphatic rings. The van der Waals surface area contributed by atoms with Gasteiger partial charge in [-0.25, -0.2) is 0 Å². The normalized spacial score (nSPS) is 21.2. The van der Waals surface area contributed by atoms with Gasteiger partial charge in [0.05, 0.1) is 34.0 Å². The van der Waals surface area contributed by atoms with E-state index >= 15 is 0 Å². The van der Waals surface area contributed by atoms with Crippen molar-refractivity contribution in [3.63, 3.8) is 0 Å². The van der Waals surface area contributed by atoms with Crippen LogP contribution in [0.25, 0.3) is 0 Å². The number of hydrogen-bond acceptors (Lipinski definition) is 9. The van der Waals surface area contributed by atoms with Crippen LogP contribution in [0.15, 0.2) is 90.9 Å². The molecule has 0 spiro atoms. The molecule has 1 heterocycles. The lowest BCUT2D eigenvalue weighted by Gasteiger charge is -2.42. The van der Waals surface area contributed by atoms with E-state index in [9.17, 15) is 4.79 Å². The van der Waals surface area contributed by atoms with Crippen LogP contribution < -0.4 is 9.47 Å². The number of benzene rings is 3. The minimum Gasteiger partial charge on any atom is -0.497 e. The monoisotopic (exact) mass is 564 g/mol. The SMILES string of the molecule is COc1ccc(CO[C@@H]2[C@@H](OCc3ccccc3)[C@@H](OC)O/C(=C\OC(C)=O)[C@H]2OCc2ccc(OC)cc2)cc1. The zero-order valence-electron chi connectivity index (χ0n) is 23.7. The number of carbonyl (C=O) groups is 1. The van der Waals surface area contributed by atoms with Gasteiger partial charge in [-0.2, -0.15) is 0 Å². The lowest BCUT2D eigenvalue weighted by atomic mass is 10.0. The first-order valence-electron chi connectivity index (χ1n) is 13.2. The number of carbonyl (C=O) groups excluding carboxylic acids is 1. The van der Waals surface area contributed by atoms with Gasteiger partial charge in [0.25, 0.3) is 0 Å². The minimum absolute atomic E-state index is 0.223. The van der Waals surface area contributed by atoms with Crippen LogP contribution in [0, 0.1) is 0 Å². The van der Waals surface area contributed by atoms with Gasteiger partial charge >= 0.3 is 5.97 Å². The summed E-state index contributed by atoms with van der Waals surface area (Å²) in [5, 5.41) is 0. The third-order valence-electron chi connectivity index (χ3n) is 6.47. The van der Waals surface area contributed by atoms with Crippen molar-refractivity contribution in [2.24, 2.45) is 0 Å². The minimum atomic E-state index is -0.859. The molecule has 0 saturated carbocycles. The smallest absolute Gasteiger partial charge is 0.307 e. The van der Waals surface area contributed by atoms with Gasteiger partial charge in [-0.3, -0.25) is 4.79 Å². The van der Waals surface area contributed by atoms with Crippen LogP contribution in [0.2, 0.25) is 0 Å². The molecule has 0 unspecified atom stereocenters. The van der Waals surface area contributed by atoms with E-state index in [1.165, 1.54) is 20.3 Å². The summed E-state index contributed by atoms with van der Waals surface area (Å²) in [4.78, 5) is 11.7. The molecule has 0 aliphatic carbocycles. The molecular formula is C32H36O9. The van der Waals surface area contributed by atoms with E-state index in [-0.39, 0.29) is 19.0 Å². The van der Waals surface area contributed by atoms with Gasteiger partial charge in [-0.1, -0.05) is 54.6 Å². The summed E-state index contributed by atoms with van der Waals surface area (Å²) in [6, 6.07) is 24.9. The van der Waals surface area contributed by atoms with Crippen LogP contribution in [0.5, 0.6) is 11.5 Å². The van der Waals surface area contributed by atoms with Gasteiger partial charge in [-0.15, -0.1) is 0 Å². The Hall–Kier alpha value is -3.89. The highest BCUT2D eigenvalue weighted by Gasteiger charge is 2.47. The average molecular weight is 565 g/mol. The van der Waals surface area contributed by atoms with Gasteiger partial charge < -0.3 is 37.9 Å². The molecule has 0 amide bonds. The van der Waals surface area contributed by atoms with Crippen molar-refractivity contribution in [3.8, 4) is 11.5 Å². The van der Waals surface area contributed by atoms with E-state index in [2.05, 4.69) is 0 Å². The predicted molar refractivity (Wildman–Crippen MR) is 150 cm³/mol. The van der Waals surface area contributed by atoms with Crippen LogP contribution in [-0.4, -0.2) is 51.9 Å². The van der Waals surface area contributed by atoms with Gasteiger partial charge in [0.15, 0.2) is 5.76 Å². The zero-order chi connectivity index (χ0) is 29.0. The zero-order valence-corrected chi connectivity index (χ0v) is 23.7. The van der Waals surface area contributed by atoms with Crippen molar-refractivity contribution >= 4 is 5.97 Å². The van der Waals surface area contributed by atoms with Crippen molar-refractivity contribution in [1.82, 2.24) is 0 Å². The van der Waals surface area contributed by atoms with E-state index in [0.29, 0.717) is 6.61 Å². The van der Waals surface area contributed by atoms with Gasteiger partial charge in [0, 0.05) is 14.0 Å². The molecular weight excluding hydrogens is 528 g/mol. The number of hydrogen-bond donors (Lipinski definition) is 0. The maximum atomic E-state index is 11.7. The lowest BCUT2D eigenvalue weighted by Crippen LogP contribution is -2.55. The Morgan fingerprint density at radius 3 is 1.73 bits per heavy atom. The first-order chi connectivity index (χ1) is 20.0. The molecule has 218 valence electrons. The van der Waals surface area contributed by atoms with Crippen molar-refractivity contribution in [2.45, 2.75) is 51.3 Å². The molecule has 1 saturated heterocycles. The molecule has 9 heteroatoms. The standard InChI is InChI=1S/C32H36O9/c1-22(33)37-21-28-29(38-19-24-10-14-26(34-2)15-11-24)30(39-20-25-12-16-27(35-3)17-13-25)31(32(36-4)41-28)40-18-23-8-6-5-7-9-23/h5-17,21,29-32H,18-20H2,1-4H3/b28-21-/t29-,30+,31-,32+/m1/s1. The molecule has 1 fully saturated rings. The first-order valence-corrected chi connectivity index (χ1v) is 13.2. The maximum absolute atomic E-state index is 11.7. The van der Waals surface area contributed by atoms with Crippen molar-refractivity contribution in [3.05, 3.63) is 108 Å². The van der Waals surface area contributed by atoms with Crippen molar-refractivity contribution in [2.75, 3.05) is 21.3 Å². The summed E-state index contributed by atoms with van der Waals surface area (Å²) in [5.41, 5.74) is 2.81. The molecule has 9 nitrogen and oxygen atoms in total. The predicted octanol–water partition coefficient (Wildman–Crippen LogP) is 5.17. The molecule has 3 aromatic carbocycles. The lowest BCUT2D eigenvalue weighted by molar-refractivity contribution is -0.271. The summed E-state index contributed by atoms with van der Waals surface area (Å²) >= 11 is 0. The van der Waals surface area contributed by atoms with E-state index in [1.54, 1.807) is 14.2 Å². The molecule has 41 heavy (non-hydrogen) atoms. The molecule has 0 aromatic heterocycles. The van der Waals surface area contributed by atoms with Gasteiger partial charge in [0.2, 0.25) is 6.29 Å². The third kappa shape index (κ3) is 8.55. The average Bonchev–Trinajstić information content (AvgIpc) is 3.01. The number of ether oxygens (including phenoxy) is 8. The molecule has 1 aliphatic heterocycles. The number of methoxy groups -OCH3 is 3. The van der Waals surface area contributed by atoms with Crippen LogP contribution in [0.3, 0.4) is 0 Å². The molecule has 4 rings (SSSR count). The molecule has 3 aromatic rings. The number of esters is 1. The maximum Gasteiger partial charge on any atom is 0.307 e. The Labute approximate surface area is 240 Å². The van der Waals surface area contributed by atoms with E-state index in [4.69, 9.17) is 37.9 Å². The Morgan fingerprint density at radius 1 is 0.707 bits per heavy atom. The van der Waals surface area contributed by atoms with E-state index in [1.807, 2.05) is 78.9 Å². The van der Waals surface area contributed by atoms with Gasteiger partial charge in [0.1, 0.15) is 36.1 Å². The van der Waals surface area contributed by atoms with Gasteiger partial charge in [-0.05, 0) is 41.0 Å². The van der Waals surface area contributed by atoms with Crippen molar-refractivity contribution < 1.29 is 42.7 Å². The second-order valence-electron chi connectivity index (χ2n) is 9.32. The highest BCUT2D eigenvalue weighted by Crippen LogP contribution is 2.33. The topological polar surface area (TPSA) is 90.9 Å². The Balaban J connectivity index is 1.63. The summed E-state index contributed by atoms with van der Waals surface area (Å²) < 4.78 is 46.8. The Bertz CT molecular complexity index is 1240. The largest absolute Gasteiger partial charge is 0.497 e. The fourth-order valence-electron chi connectivity index (χ4n) is 4.30.